The zero-order chi connectivity index (χ0) is 19.2. The molecule has 0 aromatic heterocycles. The van der Waals surface area contributed by atoms with Crippen molar-refractivity contribution in [2.24, 2.45) is 4.99 Å². The van der Waals surface area contributed by atoms with Gasteiger partial charge in [0.2, 0.25) is 0 Å². The second kappa shape index (κ2) is 8.77. The van der Waals surface area contributed by atoms with Gasteiger partial charge >= 0.3 is 12.1 Å². The molecule has 1 saturated heterocycles. The van der Waals surface area contributed by atoms with E-state index < -0.39 is 11.7 Å². The minimum Gasteiger partial charge on any atom is -0.469 e. The maximum absolute atomic E-state index is 12.9. The van der Waals surface area contributed by atoms with Gasteiger partial charge in [0, 0.05) is 45.5 Å². The molecular weight excluding hydrogens is 349 g/mol. The smallest absolute Gasteiger partial charge is 0.416 e. The highest BCUT2D eigenvalue weighted by Crippen LogP contribution is 2.31. The Morgan fingerprint density at radius 3 is 2.54 bits per heavy atom. The molecular formula is C17H23F3N4O2. The minimum absolute atomic E-state index is 0.236. The standard InChI is InChI=1S/C17H23F3N4O2/c1-21-16(22-7-6-15(25)26-2)24-10-8-23(9-11-24)14-5-3-4-13(12-14)17(18,19)20/h3-5,12H,6-11H2,1-2H3,(H,21,22). The van der Waals surface area contributed by atoms with Gasteiger partial charge in [0.05, 0.1) is 19.1 Å². The molecule has 26 heavy (non-hydrogen) atoms. The van der Waals surface area contributed by atoms with Gasteiger partial charge in [-0.25, -0.2) is 0 Å². The molecule has 2 rings (SSSR count). The molecule has 0 aliphatic carbocycles. The van der Waals surface area contributed by atoms with Crippen LogP contribution < -0.4 is 10.2 Å². The first-order valence-corrected chi connectivity index (χ1v) is 8.29. The predicted molar refractivity (Wildman–Crippen MR) is 93.2 cm³/mol. The number of methoxy groups -OCH3 is 1. The van der Waals surface area contributed by atoms with E-state index in [9.17, 15) is 18.0 Å². The van der Waals surface area contributed by atoms with E-state index in [-0.39, 0.29) is 12.4 Å². The number of rotatable bonds is 4. The lowest BCUT2D eigenvalue weighted by Gasteiger charge is -2.37. The Kier molecular flexibility index (Phi) is 6.70. The normalized spacial score (nSPS) is 15.8. The summed E-state index contributed by atoms with van der Waals surface area (Å²) in [5.74, 6) is 0.361. The van der Waals surface area contributed by atoms with E-state index in [1.54, 1.807) is 13.1 Å². The number of carbonyl (C=O) groups is 1. The molecule has 0 atom stereocenters. The van der Waals surface area contributed by atoms with Crippen LogP contribution in [0.25, 0.3) is 0 Å². The highest BCUT2D eigenvalue weighted by Gasteiger charge is 2.31. The third kappa shape index (κ3) is 5.27. The molecule has 1 aliphatic rings. The fraction of sp³-hybridized carbons (Fsp3) is 0.529. The summed E-state index contributed by atoms with van der Waals surface area (Å²) in [6.07, 6.45) is -4.11. The van der Waals surface area contributed by atoms with Gasteiger partial charge in [-0.2, -0.15) is 13.2 Å². The number of anilines is 1. The highest BCUT2D eigenvalue weighted by molar-refractivity contribution is 5.80. The number of hydrogen-bond donors (Lipinski definition) is 1. The van der Waals surface area contributed by atoms with Gasteiger partial charge in [0.25, 0.3) is 0 Å². The molecule has 1 N–H and O–H groups in total. The van der Waals surface area contributed by atoms with Crippen LogP contribution in [0, 0.1) is 0 Å². The molecule has 6 nitrogen and oxygen atoms in total. The van der Waals surface area contributed by atoms with Crippen LogP contribution in [0.3, 0.4) is 0 Å². The number of guanidine groups is 1. The molecule has 0 bridgehead atoms. The lowest BCUT2D eigenvalue weighted by molar-refractivity contribution is -0.140. The van der Waals surface area contributed by atoms with Crippen LogP contribution in [0.1, 0.15) is 12.0 Å². The molecule has 0 spiro atoms. The number of ether oxygens (including phenoxy) is 1. The summed E-state index contributed by atoms with van der Waals surface area (Å²) < 4.78 is 43.2. The average Bonchev–Trinajstić information content (AvgIpc) is 2.64. The molecule has 1 fully saturated rings. The summed E-state index contributed by atoms with van der Waals surface area (Å²) in [6, 6.07) is 5.37. The molecule has 1 aromatic rings. The summed E-state index contributed by atoms with van der Waals surface area (Å²) in [6.45, 7) is 2.81. The van der Waals surface area contributed by atoms with Crippen molar-refractivity contribution < 1.29 is 22.7 Å². The Morgan fingerprint density at radius 2 is 1.96 bits per heavy atom. The van der Waals surface area contributed by atoms with E-state index in [1.807, 2.05) is 9.80 Å². The van der Waals surface area contributed by atoms with Gasteiger partial charge < -0.3 is 19.9 Å². The Bertz CT molecular complexity index is 641. The van der Waals surface area contributed by atoms with Gasteiger partial charge in [-0.3, -0.25) is 9.79 Å². The van der Waals surface area contributed by atoms with Crippen molar-refractivity contribution in [2.45, 2.75) is 12.6 Å². The van der Waals surface area contributed by atoms with E-state index >= 15 is 0 Å². The zero-order valence-electron chi connectivity index (χ0n) is 14.8. The average molecular weight is 372 g/mol. The van der Waals surface area contributed by atoms with Crippen LogP contribution >= 0.6 is 0 Å². The Morgan fingerprint density at radius 1 is 1.27 bits per heavy atom. The SMILES string of the molecule is CN=C(NCCC(=O)OC)N1CCN(c2cccc(C(F)(F)F)c2)CC1. The van der Waals surface area contributed by atoms with E-state index in [0.29, 0.717) is 44.4 Å². The van der Waals surface area contributed by atoms with Crippen molar-refractivity contribution in [3.05, 3.63) is 29.8 Å². The minimum atomic E-state index is -4.34. The molecule has 0 unspecified atom stereocenters. The van der Waals surface area contributed by atoms with Crippen molar-refractivity contribution in [3.8, 4) is 0 Å². The largest absolute Gasteiger partial charge is 0.469 e. The quantitative estimate of drug-likeness (QED) is 0.498. The second-order valence-electron chi connectivity index (χ2n) is 5.82. The molecule has 9 heteroatoms. The second-order valence-corrected chi connectivity index (χ2v) is 5.82. The fourth-order valence-electron chi connectivity index (χ4n) is 2.77. The van der Waals surface area contributed by atoms with Crippen LogP contribution in [-0.4, -0.2) is 63.7 Å². The van der Waals surface area contributed by atoms with Crippen LogP contribution in [-0.2, 0) is 15.7 Å². The third-order valence-corrected chi connectivity index (χ3v) is 4.17. The van der Waals surface area contributed by atoms with Crippen molar-refractivity contribution in [3.63, 3.8) is 0 Å². The van der Waals surface area contributed by atoms with E-state index in [2.05, 4.69) is 15.0 Å². The summed E-state index contributed by atoms with van der Waals surface area (Å²) in [4.78, 5) is 19.3. The van der Waals surface area contributed by atoms with Crippen LogP contribution in [0.4, 0.5) is 18.9 Å². The first-order valence-electron chi connectivity index (χ1n) is 8.29. The number of hydrogen-bond acceptors (Lipinski definition) is 4. The summed E-state index contributed by atoms with van der Waals surface area (Å²) in [5.41, 5.74) is -0.0779. The number of nitrogens with zero attached hydrogens (tertiary/aromatic N) is 3. The Labute approximate surface area is 150 Å². The molecule has 0 radical (unpaired) electrons. The first kappa shape index (κ1) is 19.9. The maximum Gasteiger partial charge on any atom is 0.416 e. The maximum atomic E-state index is 12.9. The molecule has 0 amide bonds. The fourth-order valence-corrected chi connectivity index (χ4v) is 2.77. The third-order valence-electron chi connectivity index (χ3n) is 4.17. The molecule has 1 aromatic carbocycles. The van der Waals surface area contributed by atoms with Gasteiger partial charge in [-0.05, 0) is 18.2 Å². The summed E-state index contributed by atoms with van der Waals surface area (Å²) >= 11 is 0. The van der Waals surface area contributed by atoms with Crippen molar-refractivity contribution in [1.82, 2.24) is 10.2 Å². The van der Waals surface area contributed by atoms with E-state index in [0.717, 1.165) is 6.07 Å². The van der Waals surface area contributed by atoms with Gasteiger partial charge in [0.15, 0.2) is 5.96 Å². The number of halogens is 3. The van der Waals surface area contributed by atoms with Gasteiger partial charge in [0.1, 0.15) is 0 Å². The van der Waals surface area contributed by atoms with E-state index in [4.69, 9.17) is 0 Å². The predicted octanol–water partition coefficient (Wildman–Crippen LogP) is 1.97. The lowest BCUT2D eigenvalue weighted by atomic mass is 10.1. The monoisotopic (exact) mass is 372 g/mol. The number of alkyl halides is 3. The van der Waals surface area contributed by atoms with Crippen molar-refractivity contribution in [2.75, 3.05) is 51.8 Å². The van der Waals surface area contributed by atoms with E-state index in [1.165, 1.54) is 19.2 Å². The Balaban J connectivity index is 1.91. The molecule has 1 heterocycles. The molecule has 1 aliphatic heterocycles. The van der Waals surface area contributed by atoms with Crippen molar-refractivity contribution in [1.29, 1.82) is 0 Å². The lowest BCUT2D eigenvalue weighted by Crippen LogP contribution is -2.52. The molecule has 0 saturated carbocycles. The van der Waals surface area contributed by atoms with Gasteiger partial charge in [-0.15, -0.1) is 0 Å². The number of esters is 1. The van der Waals surface area contributed by atoms with Crippen LogP contribution in [0.15, 0.2) is 29.3 Å². The summed E-state index contributed by atoms with van der Waals surface area (Å²) in [5, 5.41) is 3.10. The number of nitrogens with one attached hydrogen (secondary N) is 1. The highest BCUT2D eigenvalue weighted by atomic mass is 19.4. The molecule has 144 valence electrons. The van der Waals surface area contributed by atoms with Crippen LogP contribution in [0.5, 0.6) is 0 Å². The first-order chi connectivity index (χ1) is 12.3. The summed E-state index contributed by atoms with van der Waals surface area (Å²) in [7, 11) is 2.99. The number of benzene rings is 1. The Hall–Kier alpha value is -2.45. The zero-order valence-corrected chi connectivity index (χ0v) is 14.8. The topological polar surface area (TPSA) is 57.2 Å². The van der Waals surface area contributed by atoms with Crippen LogP contribution in [0.2, 0.25) is 0 Å². The number of aliphatic imine (C=N–C) groups is 1. The van der Waals surface area contributed by atoms with Crippen molar-refractivity contribution >= 4 is 17.6 Å². The van der Waals surface area contributed by atoms with Gasteiger partial charge in [-0.1, -0.05) is 6.07 Å². The number of carbonyl (C=O) groups excluding carboxylic acids is 1. The number of piperazine rings is 1.